The van der Waals surface area contributed by atoms with Gasteiger partial charge in [-0.05, 0) is 31.0 Å². The molecule has 2 aromatic carbocycles. The molecule has 0 aliphatic carbocycles. The van der Waals surface area contributed by atoms with Gasteiger partial charge in [0.1, 0.15) is 12.4 Å². The molecular formula is C22H24BrNO4. The van der Waals surface area contributed by atoms with Gasteiger partial charge in [-0.25, -0.2) is 0 Å². The summed E-state index contributed by atoms with van der Waals surface area (Å²) in [7, 11) is 0. The van der Waals surface area contributed by atoms with E-state index in [9.17, 15) is 4.79 Å². The number of carbonyl (C=O) groups excluding carboxylic acids is 1. The summed E-state index contributed by atoms with van der Waals surface area (Å²) in [6, 6.07) is 15.4. The Labute approximate surface area is 173 Å². The maximum absolute atomic E-state index is 13.1. The van der Waals surface area contributed by atoms with Crippen LogP contribution in [0.25, 0.3) is 0 Å². The van der Waals surface area contributed by atoms with Gasteiger partial charge in [0, 0.05) is 29.0 Å². The summed E-state index contributed by atoms with van der Waals surface area (Å²) in [4.78, 5) is 15.0. The van der Waals surface area contributed by atoms with Crippen LogP contribution in [-0.2, 0) is 16.1 Å². The molecule has 2 saturated heterocycles. The van der Waals surface area contributed by atoms with Crippen molar-refractivity contribution in [3.63, 3.8) is 0 Å². The lowest BCUT2D eigenvalue weighted by molar-refractivity contribution is -0.0956. The van der Waals surface area contributed by atoms with Crippen molar-refractivity contribution in [2.45, 2.75) is 25.7 Å². The van der Waals surface area contributed by atoms with Gasteiger partial charge in [-0.2, -0.15) is 0 Å². The first-order valence-corrected chi connectivity index (χ1v) is 10.5. The van der Waals surface area contributed by atoms with Gasteiger partial charge in [-0.1, -0.05) is 46.3 Å². The number of carbonyl (C=O) groups is 1. The highest BCUT2D eigenvalue weighted by Gasteiger charge is 2.32. The van der Waals surface area contributed by atoms with Crippen LogP contribution in [0.3, 0.4) is 0 Å². The highest BCUT2D eigenvalue weighted by atomic mass is 79.9. The van der Waals surface area contributed by atoms with Crippen molar-refractivity contribution in [1.82, 2.24) is 4.90 Å². The predicted molar refractivity (Wildman–Crippen MR) is 109 cm³/mol. The van der Waals surface area contributed by atoms with Crippen molar-refractivity contribution in [2.75, 3.05) is 26.3 Å². The van der Waals surface area contributed by atoms with Gasteiger partial charge in [0.15, 0.2) is 6.29 Å². The monoisotopic (exact) mass is 445 g/mol. The molecule has 2 heterocycles. The molecular weight excluding hydrogens is 422 g/mol. The normalized spacial score (nSPS) is 18.4. The van der Waals surface area contributed by atoms with Crippen molar-refractivity contribution in [1.29, 1.82) is 0 Å². The molecule has 2 aromatic rings. The van der Waals surface area contributed by atoms with Crippen LogP contribution < -0.4 is 4.74 Å². The van der Waals surface area contributed by atoms with Crippen LogP contribution in [0.15, 0.2) is 53.0 Å². The predicted octanol–water partition coefficient (Wildman–Crippen LogP) is 4.25. The molecule has 148 valence electrons. The molecule has 0 spiro atoms. The third kappa shape index (κ3) is 4.40. The third-order valence-electron chi connectivity index (χ3n) is 5.32. The fraction of sp³-hybridized carbons (Fsp3) is 0.409. The number of likely N-dealkylation sites (tertiary alicyclic amines) is 1. The molecule has 4 rings (SSSR count). The van der Waals surface area contributed by atoms with Crippen molar-refractivity contribution in [3.05, 3.63) is 64.1 Å². The second kappa shape index (κ2) is 9.07. The Morgan fingerprint density at radius 2 is 1.71 bits per heavy atom. The van der Waals surface area contributed by atoms with Crippen LogP contribution in [0.1, 0.15) is 28.8 Å². The van der Waals surface area contributed by atoms with Crippen molar-refractivity contribution in [2.24, 2.45) is 5.92 Å². The topological polar surface area (TPSA) is 48.0 Å². The summed E-state index contributed by atoms with van der Waals surface area (Å²) in [6.07, 6.45) is 1.70. The summed E-state index contributed by atoms with van der Waals surface area (Å²) >= 11 is 3.54. The van der Waals surface area contributed by atoms with E-state index in [0.717, 1.165) is 22.9 Å². The first-order valence-electron chi connectivity index (χ1n) is 9.70. The Balaban J connectivity index is 1.40. The fourth-order valence-corrected chi connectivity index (χ4v) is 4.13. The number of hydrogen-bond donors (Lipinski definition) is 0. The Morgan fingerprint density at radius 1 is 1.04 bits per heavy atom. The molecule has 0 atom stereocenters. The maximum atomic E-state index is 13.1. The molecule has 5 nitrogen and oxygen atoms in total. The van der Waals surface area contributed by atoms with Crippen LogP contribution in [-0.4, -0.2) is 43.4 Å². The van der Waals surface area contributed by atoms with Crippen LogP contribution in [0.2, 0.25) is 0 Å². The van der Waals surface area contributed by atoms with E-state index in [0.29, 0.717) is 50.1 Å². The summed E-state index contributed by atoms with van der Waals surface area (Å²) in [5.74, 6) is 1.01. The molecule has 0 N–H and O–H groups in total. The molecule has 6 heteroatoms. The fourth-order valence-electron chi connectivity index (χ4n) is 3.73. The number of amides is 1. The van der Waals surface area contributed by atoms with Crippen LogP contribution in [0, 0.1) is 5.92 Å². The number of piperidine rings is 1. The summed E-state index contributed by atoms with van der Waals surface area (Å²) in [5.41, 5.74) is 1.66. The quantitative estimate of drug-likeness (QED) is 0.689. The van der Waals surface area contributed by atoms with Gasteiger partial charge < -0.3 is 19.1 Å². The van der Waals surface area contributed by atoms with Gasteiger partial charge >= 0.3 is 0 Å². The van der Waals surface area contributed by atoms with Gasteiger partial charge in [-0.15, -0.1) is 0 Å². The lowest BCUT2D eigenvalue weighted by Gasteiger charge is -2.34. The largest absolute Gasteiger partial charge is 0.488 e. The Hall–Kier alpha value is -1.89. The van der Waals surface area contributed by atoms with Gasteiger partial charge in [0.05, 0.1) is 18.8 Å². The number of halogens is 1. The van der Waals surface area contributed by atoms with Crippen molar-refractivity contribution >= 4 is 21.8 Å². The minimum atomic E-state index is -0.0998. The van der Waals surface area contributed by atoms with E-state index in [1.54, 1.807) is 0 Å². The van der Waals surface area contributed by atoms with Crippen LogP contribution >= 0.6 is 15.9 Å². The van der Waals surface area contributed by atoms with Crippen molar-refractivity contribution < 1.29 is 19.0 Å². The average molecular weight is 446 g/mol. The van der Waals surface area contributed by atoms with Crippen LogP contribution in [0.5, 0.6) is 5.75 Å². The minimum Gasteiger partial charge on any atom is -0.488 e. The van der Waals surface area contributed by atoms with Gasteiger partial charge in [0.2, 0.25) is 0 Å². The van der Waals surface area contributed by atoms with E-state index in [1.165, 1.54) is 0 Å². The summed E-state index contributed by atoms with van der Waals surface area (Å²) < 4.78 is 18.3. The first-order chi connectivity index (χ1) is 13.7. The molecule has 2 aliphatic rings. The zero-order valence-corrected chi connectivity index (χ0v) is 17.3. The summed E-state index contributed by atoms with van der Waals surface area (Å²) in [5, 5.41) is 0. The molecule has 0 radical (unpaired) electrons. The highest BCUT2D eigenvalue weighted by Crippen LogP contribution is 2.28. The van der Waals surface area contributed by atoms with Gasteiger partial charge in [0.25, 0.3) is 5.91 Å². The molecule has 0 unspecified atom stereocenters. The number of benzene rings is 2. The molecule has 1 amide bonds. The smallest absolute Gasteiger partial charge is 0.257 e. The van der Waals surface area contributed by atoms with E-state index in [-0.39, 0.29) is 12.2 Å². The van der Waals surface area contributed by atoms with Crippen LogP contribution in [0.4, 0.5) is 0 Å². The van der Waals surface area contributed by atoms with Crippen molar-refractivity contribution in [3.8, 4) is 5.75 Å². The third-order valence-corrected chi connectivity index (χ3v) is 6.09. The number of rotatable bonds is 5. The number of hydrogen-bond acceptors (Lipinski definition) is 4. The molecule has 0 saturated carbocycles. The SMILES string of the molecule is O=C(c1ccccc1OCc1ccccc1Br)N1CCC(C2OCCO2)CC1. The first kappa shape index (κ1) is 19.4. The summed E-state index contributed by atoms with van der Waals surface area (Å²) in [6.45, 7) is 3.18. The average Bonchev–Trinajstić information content (AvgIpc) is 3.28. The van der Waals surface area contributed by atoms with Gasteiger partial charge in [-0.3, -0.25) is 4.79 Å². The Morgan fingerprint density at radius 3 is 2.46 bits per heavy atom. The van der Waals surface area contributed by atoms with E-state index in [1.807, 2.05) is 53.4 Å². The van der Waals surface area contributed by atoms with E-state index in [2.05, 4.69) is 15.9 Å². The number of nitrogens with zero attached hydrogens (tertiary/aromatic N) is 1. The molecule has 2 fully saturated rings. The maximum Gasteiger partial charge on any atom is 0.257 e. The molecule has 2 aliphatic heterocycles. The zero-order valence-electron chi connectivity index (χ0n) is 15.7. The highest BCUT2D eigenvalue weighted by molar-refractivity contribution is 9.10. The molecule has 0 bridgehead atoms. The lowest BCUT2D eigenvalue weighted by atomic mass is 9.95. The zero-order chi connectivity index (χ0) is 19.3. The second-order valence-electron chi connectivity index (χ2n) is 7.12. The molecule has 28 heavy (non-hydrogen) atoms. The Kier molecular flexibility index (Phi) is 6.29. The Bertz CT molecular complexity index is 814. The standard InChI is InChI=1S/C22H24BrNO4/c23-19-7-3-1-5-17(19)15-28-20-8-4-2-6-18(20)21(25)24-11-9-16(10-12-24)22-26-13-14-27-22/h1-8,16,22H,9-15H2. The second-order valence-corrected chi connectivity index (χ2v) is 7.97. The van der Waals surface area contributed by atoms with E-state index in [4.69, 9.17) is 14.2 Å². The van der Waals surface area contributed by atoms with E-state index >= 15 is 0 Å². The van der Waals surface area contributed by atoms with E-state index < -0.39 is 0 Å². The minimum absolute atomic E-state index is 0.0226. The molecule has 0 aromatic heterocycles. The number of ether oxygens (including phenoxy) is 3. The lowest BCUT2D eigenvalue weighted by Crippen LogP contribution is -2.41. The number of para-hydroxylation sites is 1.